The van der Waals surface area contributed by atoms with E-state index in [-0.39, 0.29) is 18.4 Å². The minimum atomic E-state index is 0.106. The predicted molar refractivity (Wildman–Crippen MR) is 60.8 cm³/mol. The van der Waals surface area contributed by atoms with Gasteiger partial charge in [-0.2, -0.15) is 0 Å². The lowest BCUT2D eigenvalue weighted by molar-refractivity contribution is 0.216. The maximum atomic E-state index is 9.65. The number of rotatable bonds is 5. The van der Waals surface area contributed by atoms with Crippen molar-refractivity contribution in [3.8, 4) is 5.75 Å². The number of nitrogens with two attached hydrogens (primary N) is 1. The Morgan fingerprint density at radius 2 is 2.00 bits per heavy atom. The molecule has 0 amide bonds. The summed E-state index contributed by atoms with van der Waals surface area (Å²) in [6, 6.07) is 7.30. The molecule has 0 aliphatic rings. The molecule has 0 fully saturated rings. The van der Waals surface area contributed by atoms with Crippen LogP contribution in [0.25, 0.3) is 0 Å². The van der Waals surface area contributed by atoms with E-state index in [1.54, 1.807) is 12.1 Å². The van der Waals surface area contributed by atoms with Crippen molar-refractivity contribution in [3.63, 3.8) is 0 Å². The Kier molecular flexibility index (Phi) is 4.59. The van der Waals surface area contributed by atoms with Crippen LogP contribution >= 0.6 is 0 Å². The Morgan fingerprint density at radius 1 is 1.33 bits per heavy atom. The molecule has 0 aromatic heterocycles. The Hall–Kier alpha value is -1.06. The minimum Gasteiger partial charge on any atom is -0.508 e. The van der Waals surface area contributed by atoms with Gasteiger partial charge in [0.05, 0.1) is 0 Å². The monoisotopic (exact) mass is 209 g/mol. The van der Waals surface area contributed by atoms with Gasteiger partial charge in [-0.1, -0.05) is 25.1 Å². The molecule has 84 valence electrons. The molecule has 3 heteroatoms. The molecule has 1 rings (SSSR count). The number of aliphatic hydroxyl groups excluding tert-OH is 1. The Bertz CT molecular complexity index is 297. The summed E-state index contributed by atoms with van der Waals surface area (Å²) < 4.78 is 0. The van der Waals surface area contributed by atoms with Crippen LogP contribution in [0.3, 0.4) is 0 Å². The number of phenolic OH excluding ortho intramolecular Hbond substituents is 1. The van der Waals surface area contributed by atoms with E-state index in [0.717, 1.165) is 12.0 Å². The van der Waals surface area contributed by atoms with Crippen LogP contribution in [0.15, 0.2) is 24.3 Å². The molecule has 0 bridgehead atoms. The van der Waals surface area contributed by atoms with Crippen LogP contribution in [-0.4, -0.2) is 23.4 Å². The van der Waals surface area contributed by atoms with Gasteiger partial charge in [0, 0.05) is 6.61 Å². The van der Waals surface area contributed by atoms with E-state index in [0.29, 0.717) is 12.3 Å². The molecule has 2 atom stereocenters. The number of aliphatic hydroxyl groups is 1. The highest BCUT2D eigenvalue weighted by Crippen LogP contribution is 2.29. The summed E-state index contributed by atoms with van der Waals surface area (Å²) in [7, 11) is 0. The summed E-state index contributed by atoms with van der Waals surface area (Å²) in [6.45, 7) is 2.62. The normalized spacial score (nSPS) is 14.9. The molecule has 0 aliphatic heterocycles. The third-order valence-corrected chi connectivity index (χ3v) is 2.75. The van der Waals surface area contributed by atoms with Crippen molar-refractivity contribution < 1.29 is 10.2 Å². The van der Waals surface area contributed by atoms with Gasteiger partial charge in [0.2, 0.25) is 0 Å². The lowest BCUT2D eigenvalue weighted by Gasteiger charge is -2.18. The first-order valence-electron chi connectivity index (χ1n) is 5.27. The summed E-state index contributed by atoms with van der Waals surface area (Å²) in [4.78, 5) is 0. The number of benzene rings is 1. The quantitative estimate of drug-likeness (QED) is 0.687. The molecule has 1 aromatic rings. The zero-order valence-corrected chi connectivity index (χ0v) is 9.06. The highest BCUT2D eigenvalue weighted by Gasteiger charge is 2.14. The predicted octanol–water partition coefficient (Wildman–Crippen LogP) is 1.45. The van der Waals surface area contributed by atoms with Gasteiger partial charge in [0.1, 0.15) is 5.75 Å². The van der Waals surface area contributed by atoms with Gasteiger partial charge in [0.25, 0.3) is 0 Å². The highest BCUT2D eigenvalue weighted by molar-refractivity contribution is 5.34. The zero-order chi connectivity index (χ0) is 11.3. The maximum absolute atomic E-state index is 9.65. The molecule has 0 aliphatic carbocycles. The lowest BCUT2D eigenvalue weighted by Crippen LogP contribution is -2.20. The second-order valence-electron chi connectivity index (χ2n) is 3.98. The molecule has 0 heterocycles. The molecule has 0 saturated heterocycles. The van der Waals surface area contributed by atoms with Crippen molar-refractivity contribution in [1.29, 1.82) is 0 Å². The average molecular weight is 209 g/mol. The largest absolute Gasteiger partial charge is 0.508 e. The van der Waals surface area contributed by atoms with Gasteiger partial charge >= 0.3 is 0 Å². The summed E-state index contributed by atoms with van der Waals surface area (Å²) in [6.07, 6.45) is 0.796. The second kappa shape index (κ2) is 5.73. The molecule has 3 nitrogen and oxygen atoms in total. The number of hydrogen-bond donors (Lipinski definition) is 3. The third kappa shape index (κ3) is 3.22. The smallest absolute Gasteiger partial charge is 0.119 e. The van der Waals surface area contributed by atoms with Crippen molar-refractivity contribution in [3.05, 3.63) is 29.8 Å². The fraction of sp³-hybridized carbons (Fsp3) is 0.500. The second-order valence-corrected chi connectivity index (χ2v) is 3.98. The standard InChI is InChI=1S/C12H19NO2/c1-9(6-10(7-13)8-14)11-4-2-3-5-12(11)15/h2-5,9-10,14-15H,6-8,13H2,1H3. The van der Waals surface area contributed by atoms with Crippen molar-refractivity contribution in [1.82, 2.24) is 0 Å². The Labute approximate surface area is 90.5 Å². The molecule has 4 N–H and O–H groups in total. The summed E-state index contributed by atoms with van der Waals surface area (Å²) in [5.41, 5.74) is 6.45. The van der Waals surface area contributed by atoms with E-state index < -0.39 is 0 Å². The van der Waals surface area contributed by atoms with E-state index in [1.807, 2.05) is 19.1 Å². The topological polar surface area (TPSA) is 66.5 Å². The van der Waals surface area contributed by atoms with E-state index >= 15 is 0 Å². The number of para-hydroxylation sites is 1. The molecule has 0 radical (unpaired) electrons. The Balaban J connectivity index is 2.68. The van der Waals surface area contributed by atoms with Gasteiger partial charge in [-0.15, -0.1) is 0 Å². The van der Waals surface area contributed by atoms with Crippen molar-refractivity contribution >= 4 is 0 Å². The summed E-state index contributed by atoms with van der Waals surface area (Å²) in [5.74, 6) is 0.644. The van der Waals surface area contributed by atoms with Crippen molar-refractivity contribution in [2.24, 2.45) is 11.7 Å². The third-order valence-electron chi connectivity index (χ3n) is 2.75. The first-order valence-corrected chi connectivity index (χ1v) is 5.27. The van der Waals surface area contributed by atoms with Gasteiger partial charge < -0.3 is 15.9 Å². The minimum absolute atomic E-state index is 0.106. The SMILES string of the molecule is CC(CC(CN)CO)c1ccccc1O. The van der Waals surface area contributed by atoms with Crippen molar-refractivity contribution in [2.75, 3.05) is 13.2 Å². The van der Waals surface area contributed by atoms with Crippen LogP contribution in [-0.2, 0) is 0 Å². The van der Waals surface area contributed by atoms with Crippen LogP contribution in [0, 0.1) is 5.92 Å². The van der Waals surface area contributed by atoms with Crippen molar-refractivity contribution in [2.45, 2.75) is 19.3 Å². The first kappa shape index (κ1) is 12.0. The number of hydrogen-bond acceptors (Lipinski definition) is 3. The van der Waals surface area contributed by atoms with Crippen LogP contribution in [0.4, 0.5) is 0 Å². The summed E-state index contributed by atoms with van der Waals surface area (Å²) in [5, 5.41) is 18.7. The van der Waals surface area contributed by atoms with Crippen LogP contribution in [0.2, 0.25) is 0 Å². The van der Waals surface area contributed by atoms with Gasteiger partial charge in [-0.25, -0.2) is 0 Å². The molecular formula is C12H19NO2. The molecule has 15 heavy (non-hydrogen) atoms. The van der Waals surface area contributed by atoms with Gasteiger partial charge in [-0.05, 0) is 36.4 Å². The van der Waals surface area contributed by atoms with Gasteiger partial charge in [0.15, 0.2) is 0 Å². The highest BCUT2D eigenvalue weighted by atomic mass is 16.3. The van der Waals surface area contributed by atoms with E-state index in [4.69, 9.17) is 10.8 Å². The molecular weight excluding hydrogens is 190 g/mol. The molecule has 0 saturated carbocycles. The van der Waals surface area contributed by atoms with Crippen LogP contribution in [0.1, 0.15) is 24.8 Å². The van der Waals surface area contributed by atoms with Crippen LogP contribution in [0.5, 0.6) is 5.75 Å². The first-order chi connectivity index (χ1) is 7.19. The number of phenols is 1. The fourth-order valence-corrected chi connectivity index (χ4v) is 1.78. The van der Waals surface area contributed by atoms with E-state index in [2.05, 4.69) is 0 Å². The maximum Gasteiger partial charge on any atom is 0.119 e. The zero-order valence-electron chi connectivity index (χ0n) is 9.06. The van der Waals surface area contributed by atoms with E-state index in [9.17, 15) is 5.11 Å². The number of aromatic hydroxyl groups is 1. The lowest BCUT2D eigenvalue weighted by atomic mass is 9.90. The van der Waals surface area contributed by atoms with E-state index in [1.165, 1.54) is 0 Å². The average Bonchev–Trinajstić information content (AvgIpc) is 2.26. The summed E-state index contributed by atoms with van der Waals surface area (Å²) >= 11 is 0. The Morgan fingerprint density at radius 3 is 2.53 bits per heavy atom. The van der Waals surface area contributed by atoms with Gasteiger partial charge in [-0.3, -0.25) is 0 Å². The van der Waals surface area contributed by atoms with Crippen LogP contribution < -0.4 is 5.73 Å². The molecule has 1 aromatic carbocycles. The fourth-order valence-electron chi connectivity index (χ4n) is 1.78. The molecule has 2 unspecified atom stereocenters. The molecule has 0 spiro atoms.